The van der Waals surface area contributed by atoms with Gasteiger partial charge in [-0.2, -0.15) is 0 Å². The first-order chi connectivity index (χ1) is 8.70. The van der Waals surface area contributed by atoms with Gasteiger partial charge in [0.1, 0.15) is 5.75 Å². The van der Waals surface area contributed by atoms with Crippen molar-refractivity contribution < 1.29 is 14.6 Å². The van der Waals surface area contributed by atoms with Crippen LogP contribution in [0, 0.1) is 13.8 Å². The van der Waals surface area contributed by atoms with Gasteiger partial charge >= 0.3 is 0 Å². The zero-order valence-corrected chi connectivity index (χ0v) is 11.3. The minimum absolute atomic E-state index is 0.0653. The summed E-state index contributed by atoms with van der Waals surface area (Å²) in [5.74, 6) is 0.901. The highest BCUT2D eigenvalue weighted by Crippen LogP contribution is 2.23. The SMILES string of the molecule is COc1c(C)cnc(CNCCOCCO)c1C. The third kappa shape index (κ3) is 4.25. The molecule has 102 valence electrons. The molecule has 0 fully saturated rings. The quantitative estimate of drug-likeness (QED) is 0.672. The summed E-state index contributed by atoms with van der Waals surface area (Å²) in [6, 6.07) is 0. The fraction of sp³-hybridized carbons (Fsp3) is 0.615. The van der Waals surface area contributed by atoms with E-state index in [0.29, 0.717) is 19.8 Å². The van der Waals surface area contributed by atoms with Crippen LogP contribution < -0.4 is 10.1 Å². The number of aromatic nitrogens is 1. The topological polar surface area (TPSA) is 63.6 Å². The second-order valence-electron chi connectivity index (χ2n) is 4.06. The van der Waals surface area contributed by atoms with Gasteiger partial charge < -0.3 is 19.9 Å². The Kier molecular flexibility index (Phi) is 6.64. The van der Waals surface area contributed by atoms with Gasteiger partial charge in [0.25, 0.3) is 0 Å². The molecule has 5 heteroatoms. The normalized spacial score (nSPS) is 10.7. The number of rotatable bonds is 8. The van der Waals surface area contributed by atoms with Crippen LogP contribution >= 0.6 is 0 Å². The lowest BCUT2D eigenvalue weighted by molar-refractivity contribution is 0.0937. The van der Waals surface area contributed by atoms with Crippen LogP contribution in [0.4, 0.5) is 0 Å². The molecule has 0 aliphatic carbocycles. The molecule has 0 radical (unpaired) electrons. The maximum absolute atomic E-state index is 8.55. The number of nitrogens with zero attached hydrogens (tertiary/aromatic N) is 1. The Morgan fingerprint density at radius 2 is 2.11 bits per heavy atom. The van der Waals surface area contributed by atoms with E-state index < -0.39 is 0 Å². The van der Waals surface area contributed by atoms with Crippen LogP contribution in [0.5, 0.6) is 5.75 Å². The summed E-state index contributed by atoms with van der Waals surface area (Å²) >= 11 is 0. The fourth-order valence-corrected chi connectivity index (χ4v) is 1.77. The van der Waals surface area contributed by atoms with Crippen LogP contribution in [-0.4, -0.2) is 43.6 Å². The number of pyridine rings is 1. The Labute approximate surface area is 108 Å². The number of ether oxygens (including phenoxy) is 2. The predicted octanol–water partition coefficient (Wildman–Crippen LogP) is 0.806. The van der Waals surface area contributed by atoms with Crippen molar-refractivity contribution in [3.8, 4) is 5.75 Å². The van der Waals surface area contributed by atoms with Crippen LogP contribution in [-0.2, 0) is 11.3 Å². The Morgan fingerprint density at radius 3 is 2.78 bits per heavy atom. The fourth-order valence-electron chi connectivity index (χ4n) is 1.77. The van der Waals surface area contributed by atoms with E-state index in [2.05, 4.69) is 10.3 Å². The number of hydrogen-bond donors (Lipinski definition) is 2. The van der Waals surface area contributed by atoms with Gasteiger partial charge in [-0.15, -0.1) is 0 Å². The van der Waals surface area contributed by atoms with E-state index >= 15 is 0 Å². The zero-order chi connectivity index (χ0) is 13.4. The Balaban J connectivity index is 2.43. The van der Waals surface area contributed by atoms with Crippen LogP contribution in [0.1, 0.15) is 16.8 Å². The molecule has 0 unspecified atom stereocenters. The molecule has 0 amide bonds. The largest absolute Gasteiger partial charge is 0.496 e. The summed E-state index contributed by atoms with van der Waals surface area (Å²) in [6.07, 6.45) is 1.82. The Morgan fingerprint density at radius 1 is 1.33 bits per heavy atom. The lowest BCUT2D eigenvalue weighted by Gasteiger charge is -2.12. The number of aryl methyl sites for hydroxylation is 1. The van der Waals surface area contributed by atoms with Crippen molar-refractivity contribution in [2.45, 2.75) is 20.4 Å². The second kappa shape index (κ2) is 8.02. The molecule has 0 bridgehead atoms. The standard InChI is InChI=1S/C13H22N2O3/c1-10-8-15-12(11(2)13(10)17-3)9-14-4-6-18-7-5-16/h8,14,16H,4-7,9H2,1-3H3. The summed E-state index contributed by atoms with van der Waals surface area (Å²) < 4.78 is 10.5. The molecule has 1 aromatic heterocycles. The van der Waals surface area contributed by atoms with Crippen molar-refractivity contribution in [3.63, 3.8) is 0 Å². The zero-order valence-electron chi connectivity index (χ0n) is 11.3. The average molecular weight is 254 g/mol. The third-order valence-corrected chi connectivity index (χ3v) is 2.70. The third-order valence-electron chi connectivity index (χ3n) is 2.70. The average Bonchev–Trinajstić information content (AvgIpc) is 2.36. The van der Waals surface area contributed by atoms with Crippen molar-refractivity contribution in [1.82, 2.24) is 10.3 Å². The van der Waals surface area contributed by atoms with E-state index in [0.717, 1.165) is 29.1 Å². The van der Waals surface area contributed by atoms with Gasteiger partial charge in [0.15, 0.2) is 0 Å². The summed E-state index contributed by atoms with van der Waals surface area (Å²) in [7, 11) is 1.68. The predicted molar refractivity (Wildman–Crippen MR) is 69.9 cm³/mol. The monoisotopic (exact) mass is 254 g/mol. The summed E-state index contributed by atoms with van der Waals surface area (Å²) in [5, 5.41) is 11.8. The molecule has 1 heterocycles. The molecule has 0 atom stereocenters. The molecule has 1 aromatic rings. The maximum atomic E-state index is 8.55. The molecule has 1 rings (SSSR count). The van der Waals surface area contributed by atoms with Gasteiger partial charge in [0.2, 0.25) is 0 Å². The van der Waals surface area contributed by atoms with Gasteiger partial charge in [0, 0.05) is 30.4 Å². The van der Waals surface area contributed by atoms with Gasteiger partial charge in [-0.25, -0.2) is 0 Å². The number of methoxy groups -OCH3 is 1. The lowest BCUT2D eigenvalue weighted by atomic mass is 10.1. The van der Waals surface area contributed by atoms with Crippen molar-refractivity contribution in [2.24, 2.45) is 0 Å². The number of hydrogen-bond acceptors (Lipinski definition) is 5. The molecule has 0 spiro atoms. The van der Waals surface area contributed by atoms with Crippen molar-refractivity contribution in [1.29, 1.82) is 0 Å². The van der Waals surface area contributed by atoms with Gasteiger partial charge in [-0.05, 0) is 13.8 Å². The van der Waals surface area contributed by atoms with Crippen LogP contribution in [0.3, 0.4) is 0 Å². The highest BCUT2D eigenvalue weighted by atomic mass is 16.5. The molecule has 0 saturated heterocycles. The van der Waals surface area contributed by atoms with Gasteiger partial charge in [0.05, 0.1) is 32.6 Å². The van der Waals surface area contributed by atoms with E-state index in [9.17, 15) is 0 Å². The lowest BCUT2D eigenvalue weighted by Crippen LogP contribution is -2.21. The van der Waals surface area contributed by atoms with Crippen LogP contribution in [0.25, 0.3) is 0 Å². The molecule has 2 N–H and O–H groups in total. The Bertz CT molecular complexity index is 369. The van der Waals surface area contributed by atoms with E-state index in [1.807, 2.05) is 20.0 Å². The van der Waals surface area contributed by atoms with E-state index in [4.69, 9.17) is 14.6 Å². The summed E-state index contributed by atoms with van der Waals surface area (Å²) in [5.41, 5.74) is 3.10. The minimum atomic E-state index is 0.0653. The van der Waals surface area contributed by atoms with E-state index in [-0.39, 0.29) is 6.61 Å². The molecule has 0 aliphatic heterocycles. The molecule has 5 nitrogen and oxygen atoms in total. The summed E-state index contributed by atoms with van der Waals surface area (Å²) in [6.45, 7) is 6.45. The highest BCUT2D eigenvalue weighted by molar-refractivity contribution is 5.40. The first-order valence-corrected chi connectivity index (χ1v) is 6.09. The smallest absolute Gasteiger partial charge is 0.128 e. The van der Waals surface area contributed by atoms with Crippen LogP contribution in [0.15, 0.2) is 6.20 Å². The van der Waals surface area contributed by atoms with Crippen molar-refractivity contribution in [2.75, 3.05) is 33.5 Å². The summed E-state index contributed by atoms with van der Waals surface area (Å²) in [4.78, 5) is 4.40. The van der Waals surface area contributed by atoms with E-state index in [1.54, 1.807) is 7.11 Å². The minimum Gasteiger partial charge on any atom is -0.496 e. The van der Waals surface area contributed by atoms with Gasteiger partial charge in [-0.1, -0.05) is 0 Å². The van der Waals surface area contributed by atoms with E-state index in [1.165, 1.54) is 0 Å². The molecular weight excluding hydrogens is 232 g/mol. The maximum Gasteiger partial charge on any atom is 0.128 e. The van der Waals surface area contributed by atoms with Crippen molar-refractivity contribution >= 4 is 0 Å². The number of aliphatic hydroxyl groups is 1. The molecular formula is C13H22N2O3. The van der Waals surface area contributed by atoms with Crippen LogP contribution in [0.2, 0.25) is 0 Å². The molecule has 18 heavy (non-hydrogen) atoms. The Hall–Kier alpha value is -1.17. The van der Waals surface area contributed by atoms with Gasteiger partial charge in [-0.3, -0.25) is 4.98 Å². The first-order valence-electron chi connectivity index (χ1n) is 6.09. The number of nitrogens with one attached hydrogen (secondary N) is 1. The second-order valence-corrected chi connectivity index (χ2v) is 4.06. The molecule has 0 saturated carbocycles. The number of aliphatic hydroxyl groups excluding tert-OH is 1. The highest BCUT2D eigenvalue weighted by Gasteiger charge is 2.08. The van der Waals surface area contributed by atoms with Crippen molar-refractivity contribution in [3.05, 3.63) is 23.0 Å². The molecule has 0 aliphatic rings. The first kappa shape index (κ1) is 14.9. The molecule has 0 aromatic carbocycles.